The normalized spacial score (nSPS) is 28.0. The van der Waals surface area contributed by atoms with Crippen LogP contribution in [0.5, 0.6) is 17.2 Å². The van der Waals surface area contributed by atoms with E-state index in [4.69, 9.17) is 37.6 Å². The van der Waals surface area contributed by atoms with Gasteiger partial charge in [0.2, 0.25) is 6.29 Å². The number of methoxy groups -OCH3 is 1. The van der Waals surface area contributed by atoms with Gasteiger partial charge >= 0.3 is 17.9 Å². The first-order chi connectivity index (χ1) is 23.7. The second-order valence-corrected chi connectivity index (χ2v) is 11.6. The third-order valence-corrected chi connectivity index (χ3v) is 8.07. The van der Waals surface area contributed by atoms with Crippen LogP contribution in [0.4, 0.5) is 0 Å². The van der Waals surface area contributed by atoms with Crippen LogP contribution in [0.25, 0.3) is 22.3 Å². The van der Waals surface area contributed by atoms with Crippen molar-refractivity contribution in [2.45, 2.75) is 75.9 Å². The summed E-state index contributed by atoms with van der Waals surface area (Å²) in [6, 6.07) is 8.26. The van der Waals surface area contributed by atoms with Gasteiger partial charge in [0.15, 0.2) is 23.7 Å². The van der Waals surface area contributed by atoms with Crippen LogP contribution in [0.1, 0.15) is 32.4 Å². The number of aliphatic hydroxyl groups excluding tert-OH is 4. The third-order valence-electron chi connectivity index (χ3n) is 8.07. The van der Waals surface area contributed by atoms with Crippen molar-refractivity contribution in [1.29, 1.82) is 0 Å². The molecule has 9 atom stereocenters. The molecule has 5 rings (SSSR count). The van der Waals surface area contributed by atoms with E-state index in [0.29, 0.717) is 5.56 Å². The van der Waals surface area contributed by atoms with Crippen molar-refractivity contribution >= 4 is 28.9 Å². The first-order valence-corrected chi connectivity index (χ1v) is 15.3. The lowest BCUT2D eigenvalue weighted by Gasteiger charge is -2.41. The standard InChI is InChI=1S/C33H36O17/c1-13(35)45-23-12-44-31(32(47-15(3)37)29(23)46-14(2)36)25-19(39)10-21-24(30(25)43-4)18(38)9-20(49-21)16-5-7-17(8-6-16)48-33-28(42)27(41)26(40)22(11-34)50-33/h5-10,22-23,26-29,31-34,39-42H,11-12H2,1-4H3/t22-,23-,26+,27+,28+,29+,31+,32+,33+/m0/s1. The number of phenols is 1. The van der Waals surface area contributed by atoms with Gasteiger partial charge in [0.1, 0.15) is 64.5 Å². The number of aliphatic hydroxyl groups is 4. The summed E-state index contributed by atoms with van der Waals surface area (Å²) in [7, 11) is 1.23. The Morgan fingerprint density at radius 1 is 0.880 bits per heavy atom. The predicted molar refractivity (Wildman–Crippen MR) is 166 cm³/mol. The van der Waals surface area contributed by atoms with E-state index < -0.39 is 90.8 Å². The van der Waals surface area contributed by atoms with Crippen molar-refractivity contribution in [3.05, 3.63) is 52.2 Å². The van der Waals surface area contributed by atoms with E-state index in [1.165, 1.54) is 37.4 Å². The van der Waals surface area contributed by atoms with Crippen LogP contribution in [-0.2, 0) is 38.1 Å². The molecule has 3 aromatic rings. The molecule has 270 valence electrons. The molecule has 0 unspecified atom stereocenters. The number of esters is 3. The summed E-state index contributed by atoms with van der Waals surface area (Å²) in [4.78, 5) is 49.6. The molecule has 17 nitrogen and oxygen atoms in total. The minimum atomic E-state index is -1.63. The van der Waals surface area contributed by atoms with E-state index in [0.717, 1.165) is 26.8 Å². The first-order valence-electron chi connectivity index (χ1n) is 15.3. The average Bonchev–Trinajstić information content (AvgIpc) is 3.05. The minimum absolute atomic E-state index is 0.0712. The zero-order valence-corrected chi connectivity index (χ0v) is 27.2. The number of rotatable bonds is 9. The second kappa shape index (κ2) is 15.0. The van der Waals surface area contributed by atoms with Gasteiger partial charge in [-0.25, -0.2) is 0 Å². The van der Waals surface area contributed by atoms with Gasteiger partial charge in [-0.2, -0.15) is 0 Å². The topological polar surface area (TPSA) is 247 Å². The molecule has 0 saturated carbocycles. The molecule has 0 spiro atoms. The first kappa shape index (κ1) is 36.5. The van der Waals surface area contributed by atoms with Gasteiger partial charge in [-0.3, -0.25) is 19.2 Å². The Morgan fingerprint density at radius 2 is 1.52 bits per heavy atom. The van der Waals surface area contributed by atoms with Gasteiger partial charge in [-0.05, 0) is 24.3 Å². The Kier molecular flexibility index (Phi) is 10.9. The molecular formula is C33H36O17. The minimum Gasteiger partial charge on any atom is -0.507 e. The summed E-state index contributed by atoms with van der Waals surface area (Å²) >= 11 is 0. The van der Waals surface area contributed by atoms with Crippen LogP contribution in [-0.4, -0.2) is 113 Å². The van der Waals surface area contributed by atoms with E-state index in [1.54, 1.807) is 0 Å². The highest BCUT2D eigenvalue weighted by Gasteiger charge is 2.49. The van der Waals surface area contributed by atoms with E-state index >= 15 is 0 Å². The second-order valence-electron chi connectivity index (χ2n) is 11.6. The molecular weight excluding hydrogens is 668 g/mol. The molecule has 5 N–H and O–H groups in total. The molecule has 2 saturated heterocycles. The predicted octanol–water partition coefficient (Wildman–Crippen LogP) is 0.219. The van der Waals surface area contributed by atoms with Gasteiger partial charge in [0.05, 0.1) is 25.9 Å². The van der Waals surface area contributed by atoms with Gasteiger partial charge in [0, 0.05) is 38.5 Å². The fourth-order valence-corrected chi connectivity index (χ4v) is 5.90. The SMILES string of the molecule is COc1c([C@H]2OC[C@H](OC(C)=O)[C@@H](OC(C)=O)[C@H]2OC(C)=O)c(O)cc2oc(-c3ccc(O[C@@H]4O[C@@H](CO)[C@@H](O)[C@@H](O)[C@H]4O)cc3)cc(=O)c12. The van der Waals surface area contributed by atoms with Crippen molar-refractivity contribution in [2.24, 2.45) is 0 Å². The molecule has 0 aliphatic carbocycles. The van der Waals surface area contributed by atoms with Crippen molar-refractivity contribution in [1.82, 2.24) is 0 Å². The summed E-state index contributed by atoms with van der Waals surface area (Å²) in [5, 5.41) is 50.9. The maximum Gasteiger partial charge on any atom is 0.303 e. The zero-order valence-electron chi connectivity index (χ0n) is 27.2. The number of carbonyl (C=O) groups is 3. The summed E-state index contributed by atoms with van der Waals surface area (Å²) in [6.07, 6.45) is -12.7. The molecule has 0 bridgehead atoms. The maximum absolute atomic E-state index is 13.6. The molecule has 2 aliphatic heterocycles. The van der Waals surface area contributed by atoms with Crippen molar-refractivity contribution in [3.8, 4) is 28.6 Å². The Hall–Kier alpha value is -4.78. The van der Waals surface area contributed by atoms with Crippen LogP contribution in [0, 0.1) is 0 Å². The summed E-state index contributed by atoms with van der Waals surface area (Å²) in [5.41, 5.74) is -0.435. The number of hydrogen-bond donors (Lipinski definition) is 5. The number of hydrogen-bond acceptors (Lipinski definition) is 17. The Morgan fingerprint density at radius 3 is 2.12 bits per heavy atom. The fraction of sp³-hybridized carbons (Fsp3) is 0.455. The molecule has 2 aromatic carbocycles. The van der Waals surface area contributed by atoms with E-state index in [-0.39, 0.29) is 40.4 Å². The van der Waals surface area contributed by atoms with E-state index in [1.807, 2.05) is 0 Å². The largest absolute Gasteiger partial charge is 0.507 e. The van der Waals surface area contributed by atoms with Crippen LogP contribution < -0.4 is 14.9 Å². The number of aromatic hydroxyl groups is 1. The van der Waals surface area contributed by atoms with Crippen LogP contribution in [0.2, 0.25) is 0 Å². The highest BCUT2D eigenvalue weighted by atomic mass is 16.7. The summed E-state index contributed by atoms with van der Waals surface area (Å²) in [5.74, 6) is -2.74. The van der Waals surface area contributed by atoms with E-state index in [9.17, 15) is 44.7 Å². The number of benzene rings is 2. The van der Waals surface area contributed by atoms with Crippen LogP contribution in [0.3, 0.4) is 0 Å². The summed E-state index contributed by atoms with van der Waals surface area (Å²) < 4.78 is 44.6. The smallest absolute Gasteiger partial charge is 0.303 e. The number of fused-ring (bicyclic) bond motifs is 1. The zero-order chi connectivity index (χ0) is 36.4. The molecule has 17 heteroatoms. The lowest BCUT2D eigenvalue weighted by atomic mass is 9.91. The third kappa shape index (κ3) is 7.37. The molecule has 50 heavy (non-hydrogen) atoms. The van der Waals surface area contributed by atoms with Gasteiger partial charge in [0.25, 0.3) is 0 Å². The Balaban J connectivity index is 1.49. The molecule has 3 heterocycles. The highest BCUT2D eigenvalue weighted by molar-refractivity contribution is 5.88. The molecule has 1 aromatic heterocycles. The van der Waals surface area contributed by atoms with Gasteiger partial charge in [-0.1, -0.05) is 0 Å². The Bertz CT molecular complexity index is 1780. The van der Waals surface area contributed by atoms with Crippen LogP contribution >= 0.6 is 0 Å². The maximum atomic E-state index is 13.6. The van der Waals surface area contributed by atoms with Crippen molar-refractivity contribution in [3.63, 3.8) is 0 Å². The summed E-state index contributed by atoms with van der Waals surface area (Å²) in [6.45, 7) is 2.37. The monoisotopic (exact) mass is 704 g/mol. The van der Waals surface area contributed by atoms with Crippen molar-refractivity contribution < 1.29 is 77.5 Å². The Labute approximate surface area is 283 Å². The number of ether oxygens (including phenoxy) is 7. The molecule has 0 radical (unpaired) electrons. The lowest BCUT2D eigenvalue weighted by Crippen LogP contribution is -2.60. The lowest BCUT2D eigenvalue weighted by molar-refractivity contribution is -0.277. The molecule has 2 fully saturated rings. The molecule has 0 amide bonds. The van der Waals surface area contributed by atoms with Crippen molar-refractivity contribution in [2.75, 3.05) is 20.3 Å². The number of carbonyl (C=O) groups excluding carboxylic acids is 3. The van der Waals surface area contributed by atoms with Gasteiger partial charge < -0.3 is 63.1 Å². The molecule has 2 aliphatic rings. The fourth-order valence-electron chi connectivity index (χ4n) is 5.90. The quantitative estimate of drug-likeness (QED) is 0.148. The highest BCUT2D eigenvalue weighted by Crippen LogP contribution is 2.46. The van der Waals surface area contributed by atoms with Crippen LogP contribution in [0.15, 0.2) is 45.6 Å². The van der Waals surface area contributed by atoms with Gasteiger partial charge in [-0.15, -0.1) is 0 Å². The average molecular weight is 705 g/mol. The van der Waals surface area contributed by atoms with E-state index in [2.05, 4.69) is 0 Å². The number of phenolic OH excluding ortho intramolecular Hbond substituents is 1.